The number of carbonyl (C=O) groups is 1. The Morgan fingerprint density at radius 1 is 1.36 bits per heavy atom. The van der Waals surface area contributed by atoms with E-state index in [1.54, 1.807) is 21.7 Å². The van der Waals surface area contributed by atoms with Crippen LogP contribution in [0, 0.1) is 5.82 Å². The minimum Gasteiger partial charge on any atom is -0.388 e. The van der Waals surface area contributed by atoms with Crippen LogP contribution in [0.3, 0.4) is 0 Å². The molecule has 2 aromatic rings. The van der Waals surface area contributed by atoms with Crippen molar-refractivity contribution < 1.29 is 24.1 Å². The van der Waals surface area contributed by atoms with Crippen LogP contribution >= 0.6 is 0 Å². The van der Waals surface area contributed by atoms with Crippen LogP contribution in [0.4, 0.5) is 4.39 Å². The van der Waals surface area contributed by atoms with Gasteiger partial charge in [0.2, 0.25) is 5.91 Å². The molecule has 0 saturated carbocycles. The van der Waals surface area contributed by atoms with Crippen molar-refractivity contribution in [1.29, 1.82) is 0 Å². The van der Waals surface area contributed by atoms with Gasteiger partial charge in [-0.25, -0.2) is 4.39 Å². The van der Waals surface area contributed by atoms with Gasteiger partial charge >= 0.3 is 0 Å². The summed E-state index contributed by atoms with van der Waals surface area (Å²) < 4.78 is 20.5. The van der Waals surface area contributed by atoms with E-state index in [1.807, 2.05) is 13.0 Å². The predicted octanol–water partition coefficient (Wildman–Crippen LogP) is 1.14. The third-order valence-corrected chi connectivity index (χ3v) is 4.59. The van der Waals surface area contributed by atoms with E-state index in [2.05, 4.69) is 0 Å². The molecule has 1 aromatic heterocycles. The second-order valence-electron chi connectivity index (χ2n) is 6.40. The number of halogens is 1. The number of aromatic nitrogens is 1. The van der Waals surface area contributed by atoms with E-state index in [-0.39, 0.29) is 31.5 Å². The number of nitrogens with zero attached hydrogens (tertiary/aromatic N) is 2. The van der Waals surface area contributed by atoms with Gasteiger partial charge in [0.1, 0.15) is 24.6 Å². The molecule has 25 heavy (non-hydrogen) atoms. The fourth-order valence-electron chi connectivity index (χ4n) is 3.29. The molecule has 7 heteroatoms. The van der Waals surface area contributed by atoms with Crippen LogP contribution in [0.5, 0.6) is 0 Å². The lowest BCUT2D eigenvalue weighted by Gasteiger charge is -2.39. The summed E-state index contributed by atoms with van der Waals surface area (Å²) in [6.45, 7) is 2.67. The molecule has 136 valence electrons. The number of aliphatic hydroxyl groups excluding tert-OH is 2. The van der Waals surface area contributed by atoms with Gasteiger partial charge in [0.05, 0.1) is 24.8 Å². The minimum absolute atomic E-state index is 0.0340. The molecule has 0 unspecified atom stereocenters. The first-order valence-electron chi connectivity index (χ1n) is 8.49. The number of benzene rings is 1. The number of ether oxygens (including phenoxy) is 1. The van der Waals surface area contributed by atoms with Crippen LogP contribution in [0.2, 0.25) is 0 Å². The third kappa shape index (κ3) is 3.68. The van der Waals surface area contributed by atoms with Crippen molar-refractivity contribution in [3.05, 3.63) is 36.3 Å². The van der Waals surface area contributed by atoms with Gasteiger partial charge in [-0.1, -0.05) is 6.92 Å². The highest BCUT2D eigenvalue weighted by atomic mass is 19.1. The first kappa shape index (κ1) is 17.8. The van der Waals surface area contributed by atoms with Gasteiger partial charge in [-0.3, -0.25) is 4.79 Å². The highest BCUT2D eigenvalue weighted by Crippen LogP contribution is 2.20. The molecular weight excluding hydrogens is 327 g/mol. The van der Waals surface area contributed by atoms with Crippen molar-refractivity contribution >= 4 is 16.8 Å². The smallest absolute Gasteiger partial charge is 0.242 e. The van der Waals surface area contributed by atoms with Gasteiger partial charge in [0, 0.05) is 12.7 Å². The van der Waals surface area contributed by atoms with Crippen molar-refractivity contribution in [3.63, 3.8) is 0 Å². The van der Waals surface area contributed by atoms with E-state index >= 15 is 0 Å². The van der Waals surface area contributed by atoms with Crippen LogP contribution in [0.15, 0.2) is 30.5 Å². The Morgan fingerprint density at radius 2 is 2.16 bits per heavy atom. The lowest BCUT2D eigenvalue weighted by molar-refractivity contribution is -0.156. The first-order chi connectivity index (χ1) is 12.0. The number of carbonyl (C=O) groups excluding carboxylic acids is 1. The number of rotatable bonds is 5. The summed E-state index contributed by atoms with van der Waals surface area (Å²) in [6.07, 6.45) is 0.413. The third-order valence-electron chi connectivity index (χ3n) is 4.59. The number of fused-ring (bicyclic) bond motifs is 1. The standard InChI is InChI=1S/C18H23FN2O4/c1-2-6-21(15-10-25-11-16(22)18(15)24)17(23)9-20-7-5-12-3-4-13(19)8-14(12)20/h3-5,7-8,15-16,18,22,24H,2,6,9-11H2,1H3/t15-,16-,18+/m1/s1. The molecule has 1 aliphatic heterocycles. The number of hydrogen-bond donors (Lipinski definition) is 2. The molecule has 1 aliphatic rings. The molecule has 0 bridgehead atoms. The summed E-state index contributed by atoms with van der Waals surface area (Å²) in [6, 6.07) is 5.69. The molecule has 1 saturated heterocycles. The average molecular weight is 350 g/mol. The van der Waals surface area contributed by atoms with Crippen LogP contribution in [-0.2, 0) is 16.1 Å². The van der Waals surface area contributed by atoms with Crippen molar-refractivity contribution in [2.24, 2.45) is 0 Å². The zero-order chi connectivity index (χ0) is 18.0. The Labute approximate surface area is 145 Å². The number of hydrogen-bond acceptors (Lipinski definition) is 4. The van der Waals surface area contributed by atoms with Crippen molar-refractivity contribution in [2.75, 3.05) is 19.8 Å². The monoisotopic (exact) mass is 350 g/mol. The van der Waals surface area contributed by atoms with Gasteiger partial charge in [-0.15, -0.1) is 0 Å². The number of amides is 1. The molecule has 3 atom stereocenters. The predicted molar refractivity (Wildman–Crippen MR) is 90.5 cm³/mol. The summed E-state index contributed by atoms with van der Waals surface area (Å²) in [5, 5.41) is 20.9. The van der Waals surface area contributed by atoms with Crippen LogP contribution in [0.25, 0.3) is 10.9 Å². The zero-order valence-electron chi connectivity index (χ0n) is 14.1. The number of aliphatic hydroxyl groups is 2. The molecule has 0 spiro atoms. The lowest BCUT2D eigenvalue weighted by Crippen LogP contribution is -2.58. The lowest BCUT2D eigenvalue weighted by atomic mass is 10.0. The second-order valence-corrected chi connectivity index (χ2v) is 6.40. The van der Waals surface area contributed by atoms with E-state index in [0.29, 0.717) is 18.5 Å². The normalized spacial score (nSPS) is 23.8. The van der Waals surface area contributed by atoms with Gasteiger partial charge in [0.25, 0.3) is 0 Å². The Balaban J connectivity index is 1.81. The minimum atomic E-state index is -1.04. The Kier molecular flexibility index (Phi) is 5.36. The first-order valence-corrected chi connectivity index (χ1v) is 8.49. The topological polar surface area (TPSA) is 74.9 Å². The molecule has 0 aliphatic carbocycles. The molecule has 2 N–H and O–H groups in total. The van der Waals surface area contributed by atoms with E-state index in [0.717, 1.165) is 5.39 Å². The largest absolute Gasteiger partial charge is 0.388 e. The summed E-state index contributed by atoms with van der Waals surface area (Å²) >= 11 is 0. The molecule has 2 heterocycles. The fourth-order valence-corrected chi connectivity index (χ4v) is 3.29. The van der Waals surface area contributed by atoms with E-state index < -0.39 is 18.2 Å². The second kappa shape index (κ2) is 7.51. The maximum Gasteiger partial charge on any atom is 0.242 e. The zero-order valence-corrected chi connectivity index (χ0v) is 14.1. The quantitative estimate of drug-likeness (QED) is 0.848. The van der Waals surface area contributed by atoms with Crippen LogP contribution in [0.1, 0.15) is 13.3 Å². The van der Waals surface area contributed by atoms with E-state index in [4.69, 9.17) is 4.74 Å². The van der Waals surface area contributed by atoms with Gasteiger partial charge < -0.3 is 24.4 Å². The molecule has 1 fully saturated rings. The van der Waals surface area contributed by atoms with E-state index in [1.165, 1.54) is 12.1 Å². The molecule has 6 nitrogen and oxygen atoms in total. The maximum absolute atomic E-state index is 13.5. The molecule has 1 aromatic carbocycles. The van der Waals surface area contributed by atoms with E-state index in [9.17, 15) is 19.4 Å². The fraction of sp³-hybridized carbons (Fsp3) is 0.500. The highest BCUT2D eigenvalue weighted by Gasteiger charge is 2.37. The van der Waals surface area contributed by atoms with Gasteiger partial charge in [-0.05, 0) is 36.1 Å². The van der Waals surface area contributed by atoms with Crippen LogP contribution in [-0.4, -0.2) is 63.6 Å². The average Bonchev–Trinajstić information content (AvgIpc) is 2.97. The van der Waals surface area contributed by atoms with Crippen LogP contribution < -0.4 is 0 Å². The molecular formula is C18H23FN2O4. The Morgan fingerprint density at radius 3 is 2.92 bits per heavy atom. The maximum atomic E-state index is 13.5. The van der Waals surface area contributed by atoms with Gasteiger partial charge in [0.15, 0.2) is 0 Å². The van der Waals surface area contributed by atoms with Crippen molar-refractivity contribution in [3.8, 4) is 0 Å². The molecule has 1 amide bonds. The SMILES string of the molecule is CCCN(C(=O)Cn1ccc2ccc(F)cc21)[C@@H]1COC[C@@H](O)[C@H]1O. The van der Waals surface area contributed by atoms with Crippen molar-refractivity contribution in [2.45, 2.75) is 38.1 Å². The Hall–Kier alpha value is -1.96. The summed E-state index contributed by atoms with van der Waals surface area (Å²) in [5.41, 5.74) is 0.644. The summed E-state index contributed by atoms with van der Waals surface area (Å²) in [5.74, 6) is -0.560. The summed E-state index contributed by atoms with van der Waals surface area (Å²) in [7, 11) is 0. The molecule has 0 radical (unpaired) electrons. The van der Waals surface area contributed by atoms with Gasteiger partial charge in [-0.2, -0.15) is 0 Å². The van der Waals surface area contributed by atoms with Crippen molar-refractivity contribution in [1.82, 2.24) is 9.47 Å². The highest BCUT2D eigenvalue weighted by molar-refractivity contribution is 5.83. The Bertz CT molecular complexity index is 748. The molecule has 3 rings (SSSR count). The summed E-state index contributed by atoms with van der Waals surface area (Å²) in [4.78, 5) is 14.4.